The van der Waals surface area contributed by atoms with Crippen LogP contribution < -0.4 is 0 Å². The predicted octanol–water partition coefficient (Wildman–Crippen LogP) is 6.95. The van der Waals surface area contributed by atoms with Crippen molar-refractivity contribution < 1.29 is 32.0 Å². The molecule has 7 nitrogen and oxygen atoms in total. The molecule has 1 unspecified atom stereocenters. The van der Waals surface area contributed by atoms with E-state index in [0.717, 1.165) is 19.3 Å². The van der Waals surface area contributed by atoms with Crippen LogP contribution in [0.2, 0.25) is 0 Å². The fourth-order valence-corrected chi connectivity index (χ4v) is 4.60. The lowest BCUT2D eigenvalue weighted by Crippen LogP contribution is -2.34. The highest BCUT2D eigenvalue weighted by atomic mass is 32.2. The minimum atomic E-state index is -4.76. The molecule has 0 saturated heterocycles. The average molecular weight is 519 g/mol. The van der Waals surface area contributed by atoms with Crippen LogP contribution >= 0.6 is 0 Å². The third-order valence-corrected chi connectivity index (χ3v) is 7.16. The highest BCUT2D eigenvalue weighted by molar-refractivity contribution is 7.87. The van der Waals surface area contributed by atoms with Gasteiger partial charge in [-0.3, -0.25) is 14.1 Å². The Morgan fingerprint density at radius 1 is 0.743 bits per heavy atom. The van der Waals surface area contributed by atoms with Gasteiger partial charge in [0.05, 0.1) is 13.0 Å². The first-order valence-corrected chi connectivity index (χ1v) is 15.2. The summed E-state index contributed by atoms with van der Waals surface area (Å²) in [5.41, 5.74) is 0. The molecule has 0 heterocycles. The molecular weight excluding hydrogens is 468 g/mol. The van der Waals surface area contributed by atoms with E-state index in [1.807, 2.05) is 0 Å². The molecule has 0 aromatic heterocycles. The van der Waals surface area contributed by atoms with Crippen LogP contribution in [-0.2, 0) is 29.2 Å². The van der Waals surface area contributed by atoms with Crippen molar-refractivity contribution in [2.24, 2.45) is 0 Å². The SMILES string of the molecule is C=CCOC(=O)C(CC(=O)OCCCCCCCCCCCCCCCCCCCC)S(=O)(=O)O. The molecule has 35 heavy (non-hydrogen) atoms. The minimum absolute atomic E-state index is 0.164. The molecular formula is C27H50O7S. The van der Waals surface area contributed by atoms with Gasteiger partial charge in [-0.15, -0.1) is 0 Å². The van der Waals surface area contributed by atoms with Gasteiger partial charge in [-0.2, -0.15) is 8.42 Å². The molecule has 0 rings (SSSR count). The zero-order valence-electron chi connectivity index (χ0n) is 22.0. The molecule has 1 N–H and O–H groups in total. The van der Waals surface area contributed by atoms with Crippen LogP contribution in [0.15, 0.2) is 12.7 Å². The van der Waals surface area contributed by atoms with Crippen molar-refractivity contribution in [3.05, 3.63) is 12.7 Å². The molecule has 0 radical (unpaired) electrons. The smallest absolute Gasteiger partial charge is 0.327 e. The van der Waals surface area contributed by atoms with Gasteiger partial charge < -0.3 is 9.47 Å². The van der Waals surface area contributed by atoms with E-state index in [0.29, 0.717) is 6.42 Å². The summed E-state index contributed by atoms with van der Waals surface area (Å²) < 4.78 is 41.5. The fourth-order valence-electron chi connectivity index (χ4n) is 3.94. The molecule has 8 heteroatoms. The lowest BCUT2D eigenvalue weighted by molar-refractivity contribution is -0.149. The monoisotopic (exact) mass is 518 g/mol. The van der Waals surface area contributed by atoms with Gasteiger partial charge in [0.2, 0.25) is 0 Å². The molecule has 0 fully saturated rings. The van der Waals surface area contributed by atoms with Crippen LogP contribution in [0, 0.1) is 0 Å². The van der Waals surface area contributed by atoms with E-state index in [9.17, 15) is 18.0 Å². The number of rotatable bonds is 25. The second-order valence-corrected chi connectivity index (χ2v) is 11.0. The quantitative estimate of drug-likeness (QED) is 0.0603. The van der Waals surface area contributed by atoms with E-state index in [4.69, 9.17) is 9.29 Å². The Kier molecular flexibility index (Phi) is 22.1. The van der Waals surface area contributed by atoms with E-state index in [1.165, 1.54) is 96.0 Å². The Hall–Kier alpha value is -1.41. The lowest BCUT2D eigenvalue weighted by atomic mass is 10.0. The van der Waals surface area contributed by atoms with E-state index < -0.39 is 33.7 Å². The van der Waals surface area contributed by atoms with Gasteiger partial charge in [0.25, 0.3) is 10.1 Å². The summed E-state index contributed by atoms with van der Waals surface area (Å²) in [4.78, 5) is 23.6. The third-order valence-electron chi connectivity index (χ3n) is 6.08. The molecule has 206 valence electrons. The van der Waals surface area contributed by atoms with Crippen molar-refractivity contribution in [1.82, 2.24) is 0 Å². The standard InChI is InChI=1S/C27H50O7S/c1-3-5-6-7-8-9-10-11-12-13-14-15-16-17-18-19-20-21-23-33-26(28)24-25(35(30,31)32)27(29)34-22-4-2/h4,25H,2-3,5-24H2,1H3,(H,30,31,32). The number of unbranched alkanes of at least 4 members (excludes halogenated alkanes) is 17. The summed E-state index contributed by atoms with van der Waals surface area (Å²) in [5, 5.41) is -1.98. The summed E-state index contributed by atoms with van der Waals surface area (Å²) in [6, 6.07) is 0. The third kappa shape index (κ3) is 21.6. The van der Waals surface area contributed by atoms with Crippen LogP contribution in [0.25, 0.3) is 0 Å². The Morgan fingerprint density at radius 2 is 1.14 bits per heavy atom. The van der Waals surface area contributed by atoms with Crippen LogP contribution in [0.1, 0.15) is 129 Å². The number of hydrogen-bond acceptors (Lipinski definition) is 6. The van der Waals surface area contributed by atoms with Gasteiger partial charge >= 0.3 is 11.9 Å². The van der Waals surface area contributed by atoms with Gasteiger partial charge in [-0.05, 0) is 6.42 Å². The van der Waals surface area contributed by atoms with Crippen LogP contribution in [0.4, 0.5) is 0 Å². The largest absolute Gasteiger partial charge is 0.466 e. The van der Waals surface area contributed by atoms with E-state index in [1.54, 1.807) is 0 Å². The minimum Gasteiger partial charge on any atom is -0.466 e. The number of ether oxygens (including phenoxy) is 2. The van der Waals surface area contributed by atoms with E-state index >= 15 is 0 Å². The average Bonchev–Trinajstić information content (AvgIpc) is 2.81. The molecule has 0 aliphatic heterocycles. The van der Waals surface area contributed by atoms with Crippen molar-refractivity contribution in [1.29, 1.82) is 0 Å². The van der Waals surface area contributed by atoms with E-state index in [-0.39, 0.29) is 13.2 Å². The topological polar surface area (TPSA) is 107 Å². The highest BCUT2D eigenvalue weighted by Crippen LogP contribution is 2.14. The summed E-state index contributed by atoms with van der Waals surface area (Å²) in [7, 11) is -4.76. The van der Waals surface area contributed by atoms with Crippen molar-refractivity contribution in [2.75, 3.05) is 13.2 Å². The summed E-state index contributed by atoms with van der Waals surface area (Å²) in [6.07, 6.45) is 23.3. The van der Waals surface area contributed by atoms with Crippen LogP contribution in [-0.4, -0.2) is 43.4 Å². The predicted molar refractivity (Wildman–Crippen MR) is 141 cm³/mol. The molecule has 1 atom stereocenters. The maximum Gasteiger partial charge on any atom is 0.327 e. The molecule has 0 amide bonds. The zero-order valence-corrected chi connectivity index (χ0v) is 22.8. The van der Waals surface area contributed by atoms with Gasteiger partial charge in [0.1, 0.15) is 6.61 Å². The maximum absolute atomic E-state index is 11.8. The first-order valence-electron chi connectivity index (χ1n) is 13.7. The maximum atomic E-state index is 11.8. The van der Waals surface area contributed by atoms with Gasteiger partial charge in [-0.25, -0.2) is 0 Å². The summed E-state index contributed by atoms with van der Waals surface area (Å²) in [5.74, 6) is -2.05. The lowest BCUT2D eigenvalue weighted by Gasteiger charge is -2.12. The molecule has 0 saturated carbocycles. The molecule has 0 aromatic carbocycles. The van der Waals surface area contributed by atoms with Crippen molar-refractivity contribution in [3.8, 4) is 0 Å². The molecule has 0 aromatic rings. The Morgan fingerprint density at radius 3 is 1.51 bits per heavy atom. The summed E-state index contributed by atoms with van der Waals surface area (Å²) in [6.45, 7) is 5.56. The van der Waals surface area contributed by atoms with Crippen LogP contribution in [0.3, 0.4) is 0 Å². The second kappa shape index (κ2) is 23.0. The van der Waals surface area contributed by atoms with Crippen molar-refractivity contribution in [3.63, 3.8) is 0 Å². The number of carbonyl (C=O) groups excluding carboxylic acids is 2. The fraction of sp³-hybridized carbons (Fsp3) is 0.852. The van der Waals surface area contributed by atoms with Crippen molar-refractivity contribution >= 4 is 22.1 Å². The van der Waals surface area contributed by atoms with Gasteiger partial charge in [-0.1, -0.05) is 129 Å². The zero-order chi connectivity index (χ0) is 26.2. The normalized spacial score (nSPS) is 12.3. The Labute approximate surface area is 214 Å². The van der Waals surface area contributed by atoms with E-state index in [2.05, 4.69) is 18.2 Å². The summed E-state index contributed by atoms with van der Waals surface area (Å²) >= 11 is 0. The molecule has 0 spiro atoms. The number of hydrogen-bond donors (Lipinski definition) is 1. The highest BCUT2D eigenvalue weighted by Gasteiger charge is 2.35. The first-order chi connectivity index (χ1) is 16.8. The molecule has 0 aliphatic rings. The van der Waals surface area contributed by atoms with Crippen LogP contribution in [0.5, 0.6) is 0 Å². The Balaban J connectivity index is 3.56. The Bertz CT molecular complexity index is 646. The van der Waals surface area contributed by atoms with Gasteiger partial charge in [0.15, 0.2) is 5.25 Å². The number of esters is 2. The molecule has 0 bridgehead atoms. The second-order valence-electron chi connectivity index (χ2n) is 9.36. The molecule has 0 aliphatic carbocycles. The van der Waals surface area contributed by atoms with Crippen molar-refractivity contribution in [2.45, 2.75) is 134 Å². The van der Waals surface area contributed by atoms with Gasteiger partial charge in [0, 0.05) is 0 Å². The number of carbonyl (C=O) groups is 2. The first kappa shape index (κ1) is 33.6.